The summed E-state index contributed by atoms with van der Waals surface area (Å²) >= 11 is 3.11. The molecule has 0 rings (SSSR count). The summed E-state index contributed by atoms with van der Waals surface area (Å²) in [5.41, 5.74) is -0.756. The Labute approximate surface area is 92.7 Å². The highest BCUT2D eigenvalue weighted by molar-refractivity contribution is 9.10. The third-order valence-corrected chi connectivity index (χ3v) is 5.08. The van der Waals surface area contributed by atoms with Crippen molar-refractivity contribution in [1.82, 2.24) is 0 Å². The monoisotopic (exact) mass is 286 g/mol. The average molecular weight is 287 g/mol. The first kappa shape index (κ1) is 14.3. The van der Waals surface area contributed by atoms with Gasteiger partial charge in [0.1, 0.15) is 0 Å². The number of hydrogen-bond acceptors (Lipinski definition) is 3. The zero-order valence-corrected chi connectivity index (χ0v) is 11.0. The minimum atomic E-state index is -4.09. The van der Waals surface area contributed by atoms with Crippen LogP contribution in [0, 0.1) is 5.92 Å². The van der Waals surface area contributed by atoms with Gasteiger partial charge >= 0.3 is 7.60 Å². The topological polar surface area (TPSA) is 63.6 Å². The highest BCUT2D eigenvalue weighted by Crippen LogP contribution is 2.46. The molecule has 0 spiro atoms. The van der Waals surface area contributed by atoms with E-state index in [-0.39, 0.29) is 12.5 Å². The first-order valence-corrected chi connectivity index (χ1v) is 7.01. The molecule has 84 valence electrons. The molecule has 0 aliphatic heterocycles. The maximum Gasteiger partial charge on any atom is 0.395 e. The van der Waals surface area contributed by atoms with Crippen LogP contribution in [0.15, 0.2) is 0 Å². The van der Waals surface area contributed by atoms with E-state index < -0.39 is 17.9 Å². The summed E-state index contributed by atoms with van der Waals surface area (Å²) in [5.74, 6) is 0.0171. The van der Waals surface area contributed by atoms with Crippen LogP contribution in [0.3, 0.4) is 0 Å². The molecular formula is C8H16BrO4P. The van der Waals surface area contributed by atoms with E-state index in [0.29, 0.717) is 0 Å². The van der Waals surface area contributed by atoms with E-state index in [4.69, 9.17) is 0 Å². The van der Waals surface area contributed by atoms with Crippen LogP contribution >= 0.6 is 23.5 Å². The van der Waals surface area contributed by atoms with Crippen LogP contribution in [-0.2, 0) is 13.9 Å². The normalized spacial score (nSPS) is 19.8. The predicted octanol–water partition coefficient (Wildman–Crippen LogP) is 2.54. The van der Waals surface area contributed by atoms with E-state index in [2.05, 4.69) is 20.5 Å². The average Bonchev–Trinajstić information content (AvgIpc) is 2.14. The fourth-order valence-corrected chi connectivity index (χ4v) is 3.04. The molecule has 0 aliphatic rings. The summed E-state index contributed by atoms with van der Waals surface area (Å²) in [7, 11) is -4.09. The molecule has 0 aromatic carbocycles. The number of alkyl halides is 1. The van der Waals surface area contributed by atoms with Crippen LogP contribution in [0.25, 0.3) is 0 Å². The largest absolute Gasteiger partial charge is 0.395 e. The van der Waals surface area contributed by atoms with Gasteiger partial charge in [0.05, 0.1) is 11.4 Å². The van der Waals surface area contributed by atoms with E-state index in [9.17, 15) is 14.3 Å². The van der Waals surface area contributed by atoms with Crippen molar-refractivity contribution in [2.24, 2.45) is 5.92 Å². The molecule has 0 amide bonds. The van der Waals surface area contributed by atoms with Crippen molar-refractivity contribution in [1.29, 1.82) is 0 Å². The third kappa shape index (κ3) is 3.81. The van der Waals surface area contributed by atoms with Crippen molar-refractivity contribution in [2.75, 3.05) is 6.61 Å². The van der Waals surface area contributed by atoms with Gasteiger partial charge in [-0.1, -0.05) is 36.2 Å². The van der Waals surface area contributed by atoms with E-state index in [0.717, 1.165) is 6.42 Å². The van der Waals surface area contributed by atoms with Crippen LogP contribution < -0.4 is 0 Å². The quantitative estimate of drug-likeness (QED) is 0.602. The zero-order valence-electron chi connectivity index (χ0n) is 8.57. The van der Waals surface area contributed by atoms with E-state index in [1.165, 1.54) is 0 Å². The van der Waals surface area contributed by atoms with Gasteiger partial charge in [0.15, 0.2) is 0 Å². The van der Waals surface area contributed by atoms with Gasteiger partial charge < -0.3 is 9.42 Å². The van der Waals surface area contributed by atoms with Gasteiger partial charge in [-0.05, 0) is 12.8 Å². The summed E-state index contributed by atoms with van der Waals surface area (Å²) in [6, 6.07) is 0. The molecular weight excluding hydrogens is 271 g/mol. The summed E-state index contributed by atoms with van der Waals surface area (Å²) in [5, 5.41) is 0. The molecule has 3 unspecified atom stereocenters. The molecule has 0 heterocycles. The van der Waals surface area contributed by atoms with E-state index in [1.54, 1.807) is 6.92 Å². The van der Waals surface area contributed by atoms with Crippen molar-refractivity contribution < 1.29 is 18.8 Å². The van der Waals surface area contributed by atoms with E-state index in [1.807, 2.05) is 13.8 Å². The van der Waals surface area contributed by atoms with Gasteiger partial charge in [0.2, 0.25) is 0 Å². The van der Waals surface area contributed by atoms with Crippen molar-refractivity contribution in [3.63, 3.8) is 0 Å². The standard InChI is InChI=1S/C8H16BrO4P/c1-4-6(3)7(9)8(10)14(11,12)13-5-2/h6-7H,4-5H2,1-3H3,(H,11,12). The van der Waals surface area contributed by atoms with Crippen LogP contribution in [0.1, 0.15) is 27.2 Å². The molecule has 0 saturated heterocycles. The van der Waals surface area contributed by atoms with Gasteiger partial charge in [-0.3, -0.25) is 9.36 Å². The Morgan fingerprint density at radius 3 is 2.43 bits per heavy atom. The van der Waals surface area contributed by atoms with Gasteiger partial charge in [-0.2, -0.15) is 0 Å². The zero-order chi connectivity index (χ0) is 11.4. The molecule has 14 heavy (non-hydrogen) atoms. The molecule has 0 aromatic heterocycles. The fourth-order valence-electron chi connectivity index (χ4n) is 0.845. The summed E-state index contributed by atoms with van der Waals surface area (Å²) < 4.78 is 15.9. The van der Waals surface area contributed by atoms with Crippen LogP contribution in [0.5, 0.6) is 0 Å². The molecule has 6 heteroatoms. The van der Waals surface area contributed by atoms with Crippen LogP contribution in [0.4, 0.5) is 0 Å². The number of carbonyl (C=O) groups excluding carboxylic acids is 1. The Hall–Kier alpha value is 0.300. The summed E-state index contributed by atoms with van der Waals surface area (Å²) in [4.78, 5) is 20.1. The van der Waals surface area contributed by atoms with Gasteiger partial charge in [0.25, 0.3) is 5.52 Å². The maximum atomic E-state index is 11.5. The molecule has 0 radical (unpaired) electrons. The summed E-state index contributed by atoms with van der Waals surface area (Å²) in [6.45, 7) is 5.38. The highest BCUT2D eigenvalue weighted by atomic mass is 79.9. The van der Waals surface area contributed by atoms with Crippen molar-refractivity contribution >= 4 is 29.1 Å². The second-order valence-electron chi connectivity index (χ2n) is 3.06. The Bertz CT molecular complexity index is 243. The second kappa shape index (κ2) is 6.01. The first-order chi connectivity index (χ1) is 6.36. The second-order valence-corrected chi connectivity index (χ2v) is 5.79. The molecule has 4 nitrogen and oxygen atoms in total. The number of carbonyl (C=O) groups is 1. The SMILES string of the molecule is CCOP(=O)(O)C(=O)C(Br)C(C)CC. The lowest BCUT2D eigenvalue weighted by Crippen LogP contribution is -2.22. The number of hydrogen-bond donors (Lipinski definition) is 1. The Morgan fingerprint density at radius 2 is 2.07 bits per heavy atom. The Morgan fingerprint density at radius 1 is 1.57 bits per heavy atom. The minimum absolute atomic E-state index is 0.0171. The maximum absolute atomic E-state index is 11.5. The van der Waals surface area contributed by atoms with Gasteiger partial charge in [0, 0.05) is 0 Å². The summed E-state index contributed by atoms with van der Waals surface area (Å²) in [6.07, 6.45) is 0.758. The molecule has 0 aromatic rings. The molecule has 3 atom stereocenters. The first-order valence-electron chi connectivity index (χ1n) is 4.52. The Kier molecular flexibility index (Phi) is 6.14. The fraction of sp³-hybridized carbons (Fsp3) is 0.875. The van der Waals surface area contributed by atoms with Crippen LogP contribution in [0.2, 0.25) is 0 Å². The predicted molar refractivity (Wildman–Crippen MR) is 58.6 cm³/mol. The molecule has 0 aliphatic carbocycles. The molecule has 0 saturated carbocycles. The number of rotatable bonds is 6. The van der Waals surface area contributed by atoms with Gasteiger partial charge in [-0.25, -0.2) is 0 Å². The van der Waals surface area contributed by atoms with Crippen molar-refractivity contribution in [3.8, 4) is 0 Å². The minimum Gasteiger partial charge on any atom is -0.319 e. The molecule has 0 bridgehead atoms. The van der Waals surface area contributed by atoms with Crippen molar-refractivity contribution in [3.05, 3.63) is 0 Å². The van der Waals surface area contributed by atoms with Crippen molar-refractivity contribution in [2.45, 2.75) is 32.0 Å². The third-order valence-electron chi connectivity index (χ3n) is 1.96. The highest BCUT2D eigenvalue weighted by Gasteiger charge is 2.37. The van der Waals surface area contributed by atoms with Crippen LogP contribution in [-0.4, -0.2) is 21.9 Å². The lowest BCUT2D eigenvalue weighted by atomic mass is 10.1. The lowest BCUT2D eigenvalue weighted by molar-refractivity contribution is -0.113. The lowest BCUT2D eigenvalue weighted by Gasteiger charge is -2.17. The smallest absolute Gasteiger partial charge is 0.319 e. The molecule has 0 fully saturated rings. The number of halogens is 1. The van der Waals surface area contributed by atoms with E-state index >= 15 is 0 Å². The molecule has 1 N–H and O–H groups in total. The van der Waals surface area contributed by atoms with Gasteiger partial charge in [-0.15, -0.1) is 0 Å². The Balaban J connectivity index is 4.53.